The van der Waals surface area contributed by atoms with Gasteiger partial charge in [-0.1, -0.05) is 5.10 Å². The first-order valence-corrected chi connectivity index (χ1v) is 11.5. The smallest absolute Gasteiger partial charge is 0.320 e. The maximum atomic E-state index is 13.8. The lowest BCUT2D eigenvalue weighted by atomic mass is 9.87. The molecule has 4 N–H and O–H groups in total. The zero-order valence-corrected chi connectivity index (χ0v) is 19.7. The molecule has 1 fully saturated rings. The summed E-state index contributed by atoms with van der Waals surface area (Å²) in [6.45, 7) is 2.14. The minimum atomic E-state index is -1.36. The number of aromatic nitrogens is 2. The number of anilines is 4. The predicted octanol–water partition coefficient (Wildman–Crippen LogP) is 4.57. The number of nitrogens with zero attached hydrogens (tertiary/aromatic N) is 2. The highest BCUT2D eigenvalue weighted by molar-refractivity contribution is 6.02. The van der Waals surface area contributed by atoms with Gasteiger partial charge in [0, 0.05) is 18.2 Å². The lowest BCUT2D eigenvalue weighted by Crippen LogP contribution is -2.29. The van der Waals surface area contributed by atoms with Crippen molar-refractivity contribution in [2.24, 2.45) is 5.92 Å². The SMILES string of the molecule is CCOC(=O)[C@H]1CC[C@@H](Oc2ccc(NC(=O)c3nnc(Nc4cc(F)c(F)cc4F)o3)c(N)c2)CC1. The molecule has 0 radical (unpaired) electrons. The summed E-state index contributed by atoms with van der Waals surface area (Å²) in [6.07, 6.45) is 2.68. The predicted molar refractivity (Wildman–Crippen MR) is 126 cm³/mol. The Hall–Kier alpha value is -4.29. The van der Waals surface area contributed by atoms with E-state index in [4.69, 9.17) is 19.6 Å². The minimum Gasteiger partial charge on any atom is -0.490 e. The summed E-state index contributed by atoms with van der Waals surface area (Å²) < 4.78 is 56.4. The van der Waals surface area contributed by atoms with E-state index in [1.165, 1.54) is 0 Å². The fourth-order valence-corrected chi connectivity index (χ4v) is 3.87. The van der Waals surface area contributed by atoms with Crippen molar-refractivity contribution in [1.82, 2.24) is 10.2 Å². The van der Waals surface area contributed by atoms with Gasteiger partial charge in [-0.2, -0.15) is 0 Å². The molecule has 3 aromatic rings. The molecule has 1 saturated carbocycles. The summed E-state index contributed by atoms with van der Waals surface area (Å²) >= 11 is 0. The first-order chi connectivity index (χ1) is 17.7. The van der Waals surface area contributed by atoms with Gasteiger partial charge in [0.15, 0.2) is 11.6 Å². The summed E-state index contributed by atoms with van der Waals surface area (Å²) in [5.41, 5.74) is 6.07. The van der Waals surface area contributed by atoms with E-state index >= 15 is 0 Å². The van der Waals surface area contributed by atoms with Crippen molar-refractivity contribution in [1.29, 1.82) is 0 Å². The molecule has 13 heteroatoms. The van der Waals surface area contributed by atoms with E-state index in [2.05, 4.69) is 20.8 Å². The molecular weight excluding hydrogens is 495 g/mol. The maximum absolute atomic E-state index is 13.8. The van der Waals surface area contributed by atoms with Crippen LogP contribution in [0.1, 0.15) is 43.3 Å². The van der Waals surface area contributed by atoms with Gasteiger partial charge in [-0.05, 0) is 44.7 Å². The average Bonchev–Trinajstić information content (AvgIpc) is 3.33. The Labute approximate surface area is 209 Å². The fourth-order valence-electron chi connectivity index (χ4n) is 3.87. The molecule has 0 spiro atoms. The van der Waals surface area contributed by atoms with Gasteiger partial charge in [-0.25, -0.2) is 13.2 Å². The fraction of sp³-hybridized carbons (Fsp3) is 0.333. The van der Waals surface area contributed by atoms with E-state index in [0.29, 0.717) is 50.2 Å². The van der Waals surface area contributed by atoms with Crippen molar-refractivity contribution >= 4 is 35.0 Å². The lowest BCUT2D eigenvalue weighted by molar-refractivity contribution is -0.149. The summed E-state index contributed by atoms with van der Waals surface area (Å²) in [5.74, 6) is -4.80. The molecule has 10 nitrogen and oxygen atoms in total. The van der Waals surface area contributed by atoms with E-state index in [1.54, 1.807) is 25.1 Å². The second-order valence-corrected chi connectivity index (χ2v) is 8.33. The summed E-state index contributed by atoms with van der Waals surface area (Å²) in [6, 6.07) is 5.25. The van der Waals surface area contributed by atoms with Crippen molar-refractivity contribution in [3.8, 4) is 5.75 Å². The number of carbonyl (C=O) groups is 2. The largest absolute Gasteiger partial charge is 0.490 e. The van der Waals surface area contributed by atoms with Crippen LogP contribution < -0.4 is 21.1 Å². The van der Waals surface area contributed by atoms with E-state index in [-0.39, 0.29) is 29.4 Å². The highest BCUT2D eigenvalue weighted by atomic mass is 19.2. The molecule has 1 aliphatic carbocycles. The third-order valence-electron chi connectivity index (χ3n) is 5.74. The number of benzene rings is 2. The molecule has 1 aliphatic rings. The van der Waals surface area contributed by atoms with Crippen LogP contribution in [0.15, 0.2) is 34.7 Å². The number of nitrogens with one attached hydrogen (secondary N) is 2. The first kappa shape index (κ1) is 25.8. The normalized spacial score (nSPS) is 17.2. The maximum Gasteiger partial charge on any atom is 0.320 e. The number of carbonyl (C=O) groups excluding carboxylic acids is 2. The molecule has 2 aromatic carbocycles. The third-order valence-corrected chi connectivity index (χ3v) is 5.74. The van der Waals surface area contributed by atoms with Crippen molar-refractivity contribution in [2.45, 2.75) is 38.7 Å². The van der Waals surface area contributed by atoms with Crippen LogP contribution in [-0.2, 0) is 9.53 Å². The number of amides is 1. The number of esters is 1. The van der Waals surface area contributed by atoms with Crippen LogP contribution in [0.4, 0.5) is 36.2 Å². The number of rotatable bonds is 8. The van der Waals surface area contributed by atoms with Gasteiger partial charge in [0.25, 0.3) is 0 Å². The van der Waals surface area contributed by atoms with Crippen molar-refractivity contribution in [2.75, 3.05) is 23.0 Å². The second-order valence-electron chi connectivity index (χ2n) is 8.33. The van der Waals surface area contributed by atoms with Gasteiger partial charge in [0.1, 0.15) is 11.6 Å². The van der Waals surface area contributed by atoms with Gasteiger partial charge < -0.3 is 30.3 Å². The van der Waals surface area contributed by atoms with Crippen LogP contribution in [0, 0.1) is 23.4 Å². The van der Waals surface area contributed by atoms with Crippen LogP contribution in [0.25, 0.3) is 0 Å². The summed E-state index contributed by atoms with van der Waals surface area (Å²) in [4.78, 5) is 24.4. The molecule has 0 saturated heterocycles. The van der Waals surface area contributed by atoms with Crippen LogP contribution in [0.5, 0.6) is 5.75 Å². The van der Waals surface area contributed by atoms with Crippen LogP contribution in [0.2, 0.25) is 0 Å². The molecular formula is C24H24F3N5O5. The number of ether oxygens (including phenoxy) is 2. The van der Waals surface area contributed by atoms with Crippen LogP contribution >= 0.6 is 0 Å². The molecule has 1 heterocycles. The van der Waals surface area contributed by atoms with Gasteiger partial charge in [-0.15, -0.1) is 5.10 Å². The first-order valence-electron chi connectivity index (χ1n) is 11.5. The van der Waals surface area contributed by atoms with E-state index in [0.717, 1.165) is 0 Å². The van der Waals surface area contributed by atoms with Gasteiger partial charge in [0.2, 0.25) is 0 Å². The molecule has 196 valence electrons. The van der Waals surface area contributed by atoms with Crippen molar-refractivity contribution in [3.05, 3.63) is 53.7 Å². The Bertz CT molecular complexity index is 1290. The monoisotopic (exact) mass is 519 g/mol. The standard InChI is InChI=1S/C24H24F3N5O5/c1-2-35-23(34)12-3-5-13(6-4-12)36-14-7-8-19(18(28)9-14)29-21(33)22-31-32-24(37-22)30-20-11-16(26)15(25)10-17(20)27/h7-13H,2-6,28H2,1H3,(H,29,33)(H,30,32)/t12-,13+. The topological polar surface area (TPSA) is 142 Å². The summed E-state index contributed by atoms with van der Waals surface area (Å²) in [5, 5.41) is 11.9. The van der Waals surface area contributed by atoms with Gasteiger partial charge in [-0.3, -0.25) is 9.59 Å². The lowest BCUT2D eigenvalue weighted by Gasteiger charge is -2.28. The van der Waals surface area contributed by atoms with E-state index < -0.39 is 41.0 Å². The Balaban J connectivity index is 1.33. The Morgan fingerprint density at radius 2 is 1.76 bits per heavy atom. The quantitative estimate of drug-likeness (QED) is 0.222. The molecule has 37 heavy (non-hydrogen) atoms. The van der Waals surface area contributed by atoms with Crippen LogP contribution in [0.3, 0.4) is 0 Å². The zero-order chi connectivity index (χ0) is 26.5. The molecule has 1 amide bonds. The van der Waals surface area contributed by atoms with E-state index in [9.17, 15) is 22.8 Å². The van der Waals surface area contributed by atoms with Crippen molar-refractivity contribution in [3.63, 3.8) is 0 Å². The highest BCUT2D eigenvalue weighted by Crippen LogP contribution is 2.31. The number of nitrogens with two attached hydrogens (primary N) is 1. The minimum absolute atomic E-state index is 0.0748. The summed E-state index contributed by atoms with van der Waals surface area (Å²) in [7, 11) is 0. The number of hydrogen-bond acceptors (Lipinski definition) is 9. The molecule has 0 atom stereocenters. The highest BCUT2D eigenvalue weighted by Gasteiger charge is 2.28. The van der Waals surface area contributed by atoms with Crippen molar-refractivity contribution < 1.29 is 36.7 Å². The molecule has 1 aromatic heterocycles. The van der Waals surface area contributed by atoms with E-state index in [1.807, 2.05) is 0 Å². The Morgan fingerprint density at radius 3 is 2.46 bits per heavy atom. The third kappa shape index (κ3) is 6.29. The number of nitrogen functional groups attached to an aromatic ring is 1. The second kappa shape index (κ2) is 11.2. The van der Waals surface area contributed by atoms with Gasteiger partial charge >= 0.3 is 23.8 Å². The Kier molecular flexibility index (Phi) is 7.80. The molecule has 4 rings (SSSR count). The van der Waals surface area contributed by atoms with Gasteiger partial charge in [0.05, 0.1) is 35.7 Å². The molecule has 0 bridgehead atoms. The number of hydrogen-bond donors (Lipinski definition) is 3. The number of halogens is 3. The van der Waals surface area contributed by atoms with Crippen LogP contribution in [-0.4, -0.2) is 34.8 Å². The Morgan fingerprint density at radius 1 is 1.03 bits per heavy atom. The average molecular weight is 519 g/mol. The molecule has 0 aliphatic heterocycles. The zero-order valence-electron chi connectivity index (χ0n) is 19.7. The molecule has 0 unspecified atom stereocenters.